The first-order chi connectivity index (χ1) is 8.40. The lowest BCUT2D eigenvalue weighted by molar-refractivity contribution is 0.0104. The highest BCUT2D eigenvalue weighted by molar-refractivity contribution is 4.94. The van der Waals surface area contributed by atoms with Gasteiger partial charge in [-0.1, -0.05) is 27.7 Å². The van der Waals surface area contributed by atoms with E-state index in [0.717, 1.165) is 35.5 Å². The molecule has 0 spiro atoms. The molecule has 0 bridgehead atoms. The molecule has 4 N–H and O–H groups in total. The molecule has 106 valence electrons. The van der Waals surface area contributed by atoms with Crippen LogP contribution < -0.4 is 11.5 Å². The van der Waals surface area contributed by atoms with E-state index in [0.29, 0.717) is 12.1 Å². The van der Waals surface area contributed by atoms with E-state index in [1.54, 1.807) is 0 Å². The Morgan fingerprint density at radius 2 is 0.778 bits per heavy atom. The summed E-state index contributed by atoms with van der Waals surface area (Å²) in [6.45, 7) is 9.70. The van der Waals surface area contributed by atoms with Gasteiger partial charge in [-0.15, -0.1) is 0 Å². The Morgan fingerprint density at radius 3 is 1.00 bits per heavy atom. The Hall–Kier alpha value is -0.0800. The van der Waals surface area contributed by atoms with Gasteiger partial charge in [0.25, 0.3) is 0 Å². The standard InChI is InChI=1S/C16H32N2/c1-9-5-13(17)6-10(2)15(9)16-11(3)7-14(18)8-12(16)4/h9-16H,5-8,17-18H2,1-4H3. The third kappa shape index (κ3) is 2.75. The topological polar surface area (TPSA) is 52.0 Å². The molecule has 0 amide bonds. The van der Waals surface area contributed by atoms with Crippen molar-refractivity contribution in [2.24, 2.45) is 47.0 Å². The van der Waals surface area contributed by atoms with Crippen LogP contribution in [-0.4, -0.2) is 12.1 Å². The van der Waals surface area contributed by atoms with Crippen LogP contribution in [0.15, 0.2) is 0 Å². The molecule has 2 saturated carbocycles. The molecule has 2 nitrogen and oxygen atoms in total. The fourth-order valence-corrected chi connectivity index (χ4v) is 5.37. The Labute approximate surface area is 113 Å². The molecule has 0 aromatic carbocycles. The van der Waals surface area contributed by atoms with Crippen LogP contribution in [0.1, 0.15) is 53.4 Å². The van der Waals surface area contributed by atoms with E-state index < -0.39 is 0 Å². The molecule has 2 heteroatoms. The van der Waals surface area contributed by atoms with E-state index in [2.05, 4.69) is 27.7 Å². The maximum Gasteiger partial charge on any atom is 0.00441 e. The van der Waals surface area contributed by atoms with Crippen LogP contribution in [0.3, 0.4) is 0 Å². The smallest absolute Gasteiger partial charge is 0.00441 e. The van der Waals surface area contributed by atoms with E-state index in [9.17, 15) is 0 Å². The third-order valence-corrected chi connectivity index (χ3v) is 5.77. The summed E-state index contributed by atoms with van der Waals surface area (Å²) in [7, 11) is 0. The van der Waals surface area contributed by atoms with Crippen LogP contribution in [0.5, 0.6) is 0 Å². The normalized spacial score (nSPS) is 54.3. The summed E-state index contributed by atoms with van der Waals surface area (Å²) in [5.74, 6) is 4.87. The van der Waals surface area contributed by atoms with E-state index in [-0.39, 0.29) is 0 Å². The van der Waals surface area contributed by atoms with Gasteiger partial charge >= 0.3 is 0 Å². The lowest BCUT2D eigenvalue weighted by atomic mass is 9.57. The van der Waals surface area contributed by atoms with Gasteiger partial charge in [0, 0.05) is 12.1 Å². The van der Waals surface area contributed by atoms with Crippen LogP contribution >= 0.6 is 0 Å². The number of rotatable bonds is 1. The SMILES string of the molecule is CC1CC(N)CC(C)C1C1C(C)CC(N)CC1C. The zero-order valence-electron chi connectivity index (χ0n) is 12.6. The van der Waals surface area contributed by atoms with Gasteiger partial charge in [0.1, 0.15) is 0 Å². The largest absolute Gasteiger partial charge is 0.328 e. The zero-order chi connectivity index (χ0) is 13.4. The lowest BCUT2D eigenvalue weighted by Crippen LogP contribution is -2.47. The summed E-state index contributed by atoms with van der Waals surface area (Å²) >= 11 is 0. The van der Waals surface area contributed by atoms with Gasteiger partial charge < -0.3 is 11.5 Å². The molecule has 2 aliphatic rings. The predicted octanol–water partition coefficient (Wildman–Crippen LogP) is 3.01. The molecule has 0 saturated heterocycles. The van der Waals surface area contributed by atoms with Gasteiger partial charge in [-0.3, -0.25) is 0 Å². The van der Waals surface area contributed by atoms with Crippen LogP contribution in [0.4, 0.5) is 0 Å². The lowest BCUT2D eigenvalue weighted by Gasteiger charge is -2.49. The van der Waals surface area contributed by atoms with Crippen LogP contribution in [0.2, 0.25) is 0 Å². The Bertz CT molecular complexity index is 226. The molecular weight excluding hydrogens is 220 g/mol. The highest BCUT2D eigenvalue weighted by Gasteiger charge is 2.43. The van der Waals surface area contributed by atoms with Gasteiger partial charge in [-0.25, -0.2) is 0 Å². The van der Waals surface area contributed by atoms with E-state index in [1.807, 2.05) is 0 Å². The summed E-state index contributed by atoms with van der Waals surface area (Å²) in [5, 5.41) is 0. The average molecular weight is 252 g/mol. The van der Waals surface area contributed by atoms with Crippen molar-refractivity contribution < 1.29 is 0 Å². The Morgan fingerprint density at radius 1 is 0.556 bits per heavy atom. The van der Waals surface area contributed by atoms with Gasteiger partial charge in [-0.2, -0.15) is 0 Å². The van der Waals surface area contributed by atoms with E-state index >= 15 is 0 Å². The number of nitrogens with two attached hydrogens (primary N) is 2. The monoisotopic (exact) mass is 252 g/mol. The maximum atomic E-state index is 6.18. The van der Waals surface area contributed by atoms with Crippen LogP contribution in [-0.2, 0) is 0 Å². The third-order valence-electron chi connectivity index (χ3n) is 5.77. The molecule has 2 fully saturated rings. The second kappa shape index (κ2) is 5.50. The van der Waals surface area contributed by atoms with Crippen LogP contribution in [0, 0.1) is 35.5 Å². The summed E-state index contributed by atoms with van der Waals surface area (Å²) in [5.41, 5.74) is 12.4. The zero-order valence-corrected chi connectivity index (χ0v) is 12.6. The molecule has 0 aromatic heterocycles. The molecule has 2 rings (SSSR count). The number of hydrogen-bond donors (Lipinski definition) is 2. The molecule has 2 aliphatic carbocycles. The van der Waals surface area contributed by atoms with Crippen molar-refractivity contribution in [3.63, 3.8) is 0 Å². The average Bonchev–Trinajstić information content (AvgIpc) is 2.20. The minimum atomic E-state index is 0.433. The molecule has 4 unspecified atom stereocenters. The minimum Gasteiger partial charge on any atom is -0.328 e. The van der Waals surface area contributed by atoms with Crippen molar-refractivity contribution in [3.05, 3.63) is 0 Å². The highest BCUT2D eigenvalue weighted by atomic mass is 14.7. The first-order valence-electron chi connectivity index (χ1n) is 7.91. The predicted molar refractivity (Wildman–Crippen MR) is 78.1 cm³/mol. The van der Waals surface area contributed by atoms with Crippen molar-refractivity contribution in [1.29, 1.82) is 0 Å². The fourth-order valence-electron chi connectivity index (χ4n) is 5.37. The molecule has 18 heavy (non-hydrogen) atoms. The first kappa shape index (κ1) is 14.3. The summed E-state index contributed by atoms with van der Waals surface area (Å²) in [4.78, 5) is 0. The van der Waals surface area contributed by atoms with Crippen molar-refractivity contribution in [3.8, 4) is 0 Å². The quantitative estimate of drug-likeness (QED) is 0.754. The molecule has 0 heterocycles. The first-order valence-corrected chi connectivity index (χ1v) is 7.91. The fraction of sp³-hybridized carbons (Fsp3) is 1.00. The Kier molecular flexibility index (Phi) is 4.38. The van der Waals surface area contributed by atoms with Crippen molar-refractivity contribution >= 4 is 0 Å². The minimum absolute atomic E-state index is 0.433. The van der Waals surface area contributed by atoms with Gasteiger partial charge in [0.15, 0.2) is 0 Å². The van der Waals surface area contributed by atoms with Crippen molar-refractivity contribution in [2.45, 2.75) is 65.5 Å². The highest BCUT2D eigenvalue weighted by Crippen LogP contribution is 2.48. The molecule has 0 aliphatic heterocycles. The summed E-state index contributed by atoms with van der Waals surface area (Å²) in [6, 6.07) is 0.866. The van der Waals surface area contributed by atoms with Gasteiger partial charge in [-0.05, 0) is 61.2 Å². The molecular formula is C16H32N2. The Balaban J connectivity index is 2.13. The van der Waals surface area contributed by atoms with E-state index in [4.69, 9.17) is 11.5 Å². The molecule has 0 radical (unpaired) electrons. The number of hydrogen-bond acceptors (Lipinski definition) is 2. The van der Waals surface area contributed by atoms with Gasteiger partial charge in [0.2, 0.25) is 0 Å². The summed E-state index contributed by atoms with van der Waals surface area (Å²) in [6.07, 6.45) is 4.88. The van der Waals surface area contributed by atoms with Crippen molar-refractivity contribution in [2.75, 3.05) is 0 Å². The molecule has 0 aromatic rings. The summed E-state index contributed by atoms with van der Waals surface area (Å²) < 4.78 is 0. The maximum absolute atomic E-state index is 6.18. The van der Waals surface area contributed by atoms with Crippen molar-refractivity contribution in [1.82, 2.24) is 0 Å². The van der Waals surface area contributed by atoms with Gasteiger partial charge in [0.05, 0.1) is 0 Å². The van der Waals surface area contributed by atoms with Crippen LogP contribution in [0.25, 0.3) is 0 Å². The van der Waals surface area contributed by atoms with E-state index in [1.165, 1.54) is 25.7 Å². The second-order valence-electron chi connectivity index (χ2n) is 7.53. The second-order valence-corrected chi connectivity index (χ2v) is 7.53. The molecule has 4 atom stereocenters.